The number of anilines is 1. The van der Waals surface area contributed by atoms with E-state index in [0.29, 0.717) is 16.2 Å². The molecule has 2 aliphatic rings. The number of amides is 3. The molecule has 30 heavy (non-hydrogen) atoms. The molecule has 2 heterocycles. The molecule has 3 amide bonds. The van der Waals surface area contributed by atoms with Gasteiger partial charge in [-0.3, -0.25) is 19.8 Å². The van der Waals surface area contributed by atoms with E-state index in [4.69, 9.17) is 0 Å². The number of hydroxylamine groups is 2. The summed E-state index contributed by atoms with van der Waals surface area (Å²) >= 11 is 0. The number of likely N-dealkylation sites (tertiary alicyclic amines) is 1. The number of carbonyl (C=O) groups excluding carboxylic acids is 3. The zero-order chi connectivity index (χ0) is 21.7. The van der Waals surface area contributed by atoms with E-state index in [1.165, 1.54) is 6.20 Å². The van der Waals surface area contributed by atoms with Crippen LogP contribution in [0.4, 0.5) is 10.2 Å². The number of nitrogens with one attached hydrogen (secondary N) is 1. The molecule has 3 atom stereocenters. The van der Waals surface area contributed by atoms with E-state index in [1.54, 1.807) is 0 Å². The van der Waals surface area contributed by atoms with Gasteiger partial charge in [0.25, 0.3) is 0 Å². The van der Waals surface area contributed by atoms with Crippen LogP contribution in [0.25, 0.3) is 0 Å². The lowest BCUT2D eigenvalue weighted by Crippen LogP contribution is -2.48. The minimum Gasteiger partial charge on any atom is -0.711 e. The molecule has 1 aliphatic carbocycles. The highest BCUT2D eigenvalue weighted by molar-refractivity contribution is 5.97. The fraction of sp³-hybridized carbons (Fsp3) is 0.632. The fourth-order valence-corrected chi connectivity index (χ4v) is 4.33. The third-order valence-corrected chi connectivity index (χ3v) is 5.78. The number of aromatic nitrogens is 2. The average molecular weight is 423 g/mol. The van der Waals surface area contributed by atoms with Crippen LogP contribution in [0.5, 0.6) is 0 Å². The summed E-state index contributed by atoms with van der Waals surface area (Å²) in [5.74, 6) is -1.75. The van der Waals surface area contributed by atoms with Crippen molar-refractivity contribution in [3.05, 3.63) is 23.8 Å². The second kappa shape index (κ2) is 9.79. The molecule has 2 N–H and O–H groups in total. The maximum atomic E-state index is 14.2. The largest absolute Gasteiger partial charge is 0.711 e. The molecule has 1 saturated carbocycles. The number of alkyl halides is 1. The van der Waals surface area contributed by atoms with Crippen molar-refractivity contribution in [3.63, 3.8) is 0 Å². The number of nitrogens with zero attached hydrogens (tertiary/aromatic N) is 4. The van der Waals surface area contributed by atoms with Crippen molar-refractivity contribution >= 4 is 24.0 Å². The second-order valence-corrected chi connectivity index (χ2v) is 7.93. The van der Waals surface area contributed by atoms with Crippen molar-refractivity contribution in [2.45, 2.75) is 50.7 Å². The Kier molecular flexibility index (Phi) is 7.14. The quantitative estimate of drug-likeness (QED) is 0.207. The molecule has 0 spiro atoms. The van der Waals surface area contributed by atoms with Gasteiger partial charge >= 0.3 is 11.7 Å². The van der Waals surface area contributed by atoms with Gasteiger partial charge in [-0.15, -0.1) is 0 Å². The first-order chi connectivity index (χ1) is 14.4. The molecule has 164 valence electrons. The lowest BCUT2D eigenvalue weighted by Gasteiger charge is -2.29. The Balaban J connectivity index is 1.74. The predicted molar refractivity (Wildman–Crippen MR) is 101 cm³/mol. The van der Waals surface area contributed by atoms with Crippen molar-refractivity contribution in [2.24, 2.45) is 11.8 Å². The summed E-state index contributed by atoms with van der Waals surface area (Å²) in [6.07, 6.45) is 6.65. The van der Waals surface area contributed by atoms with Crippen LogP contribution < -0.4 is 10.0 Å². The Morgan fingerprint density at radius 2 is 2.20 bits per heavy atom. The Morgan fingerprint density at radius 3 is 2.87 bits per heavy atom. The number of hydrogen-bond donors (Lipinski definition) is 2. The molecule has 3 rings (SSSR count). The van der Waals surface area contributed by atoms with E-state index in [0.717, 1.165) is 43.0 Å². The van der Waals surface area contributed by atoms with E-state index in [1.807, 2.05) is 0 Å². The van der Waals surface area contributed by atoms with Gasteiger partial charge in [-0.05, 0) is 12.3 Å². The minimum absolute atomic E-state index is 0.123. The molecule has 1 aromatic heterocycles. The van der Waals surface area contributed by atoms with Gasteiger partial charge in [-0.2, -0.15) is 0 Å². The molecule has 10 nitrogen and oxygen atoms in total. The van der Waals surface area contributed by atoms with Crippen molar-refractivity contribution in [1.29, 1.82) is 0 Å². The van der Waals surface area contributed by atoms with Crippen LogP contribution in [-0.4, -0.2) is 63.7 Å². The van der Waals surface area contributed by atoms with E-state index >= 15 is 0 Å². The van der Waals surface area contributed by atoms with Crippen molar-refractivity contribution in [2.75, 3.05) is 18.4 Å². The Bertz CT molecular complexity index is 775. The van der Waals surface area contributed by atoms with E-state index in [-0.39, 0.29) is 37.7 Å². The van der Waals surface area contributed by atoms with Crippen LogP contribution in [0, 0.1) is 17.0 Å². The number of rotatable bonds is 8. The first-order valence-electron chi connectivity index (χ1n) is 10.1. The van der Waals surface area contributed by atoms with Crippen molar-refractivity contribution < 1.29 is 28.7 Å². The van der Waals surface area contributed by atoms with Crippen LogP contribution in [-0.2, 0) is 14.4 Å². The van der Waals surface area contributed by atoms with Gasteiger partial charge in [0.05, 0.1) is 25.2 Å². The van der Waals surface area contributed by atoms with E-state index in [9.17, 15) is 29.2 Å². The molecule has 0 aromatic carbocycles. The Labute approximate surface area is 173 Å². The lowest BCUT2D eigenvalue weighted by molar-refractivity contribution is -0.590. The highest BCUT2D eigenvalue weighted by Gasteiger charge is 2.44. The molecule has 2 fully saturated rings. The summed E-state index contributed by atoms with van der Waals surface area (Å²) in [6.45, 7) is -0.473. The highest BCUT2D eigenvalue weighted by Crippen LogP contribution is 2.32. The van der Waals surface area contributed by atoms with Gasteiger partial charge < -0.3 is 10.1 Å². The number of hydrogen-bond acceptors (Lipinski definition) is 6. The van der Waals surface area contributed by atoms with Crippen molar-refractivity contribution in [3.8, 4) is 0 Å². The zero-order valence-corrected chi connectivity index (χ0v) is 16.5. The maximum Gasteiger partial charge on any atom is 0.330 e. The van der Waals surface area contributed by atoms with Gasteiger partial charge in [0.15, 0.2) is 0 Å². The molecule has 1 aliphatic heterocycles. The van der Waals surface area contributed by atoms with Gasteiger partial charge in [-0.25, -0.2) is 24.3 Å². The molecular weight excluding hydrogens is 397 g/mol. The van der Waals surface area contributed by atoms with Crippen molar-refractivity contribution in [1.82, 2.24) is 14.9 Å². The summed E-state index contributed by atoms with van der Waals surface area (Å²) in [5, 5.41) is 24.2. The van der Waals surface area contributed by atoms with Crippen LogP contribution in [0.2, 0.25) is 0 Å². The summed E-state index contributed by atoms with van der Waals surface area (Å²) < 4.78 is 14.6. The third-order valence-electron chi connectivity index (χ3n) is 5.78. The molecule has 0 unspecified atom stereocenters. The summed E-state index contributed by atoms with van der Waals surface area (Å²) in [4.78, 5) is 41.7. The van der Waals surface area contributed by atoms with Crippen LogP contribution in [0.3, 0.4) is 0 Å². The highest BCUT2D eigenvalue weighted by atomic mass is 19.1. The minimum atomic E-state index is -1.39. The second-order valence-electron chi connectivity index (χ2n) is 7.93. The summed E-state index contributed by atoms with van der Waals surface area (Å²) in [5.41, 5.74) is 0. The summed E-state index contributed by atoms with van der Waals surface area (Å²) in [6, 6.07) is -1.10. The predicted octanol–water partition coefficient (Wildman–Crippen LogP) is 0.637. The topological polar surface area (TPSA) is 130 Å². The fourth-order valence-electron chi connectivity index (χ4n) is 4.33. The first kappa shape index (κ1) is 21.9. The Hall–Kier alpha value is -2.82. The number of carbonyl (C=O) groups is 3. The van der Waals surface area contributed by atoms with Gasteiger partial charge in [0, 0.05) is 6.42 Å². The summed E-state index contributed by atoms with van der Waals surface area (Å²) in [7, 11) is 0. The van der Waals surface area contributed by atoms with Crippen LogP contribution in [0.15, 0.2) is 18.6 Å². The van der Waals surface area contributed by atoms with E-state index < -0.39 is 29.9 Å². The molecule has 1 aromatic rings. The molecule has 0 radical (unpaired) electrons. The first-order valence-corrected chi connectivity index (χ1v) is 10.1. The van der Waals surface area contributed by atoms with Gasteiger partial charge in [-0.1, -0.05) is 25.7 Å². The molecular formula is C19H26FN5O5. The van der Waals surface area contributed by atoms with Crippen LogP contribution in [0.1, 0.15) is 38.5 Å². The molecule has 0 bridgehead atoms. The van der Waals surface area contributed by atoms with E-state index in [2.05, 4.69) is 10.3 Å². The monoisotopic (exact) mass is 423 g/mol. The van der Waals surface area contributed by atoms with Crippen LogP contribution >= 0.6 is 0 Å². The smallest absolute Gasteiger partial charge is 0.330 e. The van der Waals surface area contributed by atoms with Gasteiger partial charge in [0.1, 0.15) is 24.6 Å². The lowest BCUT2D eigenvalue weighted by atomic mass is 9.91. The normalized spacial score (nSPS) is 22.7. The number of halogens is 1. The third kappa shape index (κ3) is 5.21. The Morgan fingerprint density at radius 1 is 1.47 bits per heavy atom. The average Bonchev–Trinajstić information content (AvgIpc) is 3.38. The standard InChI is InChI=1S/C19H26FN5O5/c20-15-8-16(18(27)22-17-9-21-5-6-25(17)30)24(11-15)19(28)14(10-23(29)12-26)7-13-3-1-2-4-13/h5-6,9,12-16,29H,1-4,7-8,10-11H2,(H,22,27)/t14-,15-,16+/m1/s1. The zero-order valence-electron chi connectivity index (χ0n) is 16.5. The SMILES string of the molecule is O=CN(O)C[C@@H](CC1CCCC1)C(=O)N1C[C@H](F)C[C@H]1C(=O)Nc1cncc[n+]1[O-]. The molecule has 1 saturated heterocycles. The molecule has 11 heteroatoms. The maximum absolute atomic E-state index is 14.2. The van der Waals surface area contributed by atoms with Gasteiger partial charge in [0.2, 0.25) is 12.3 Å².